The first-order valence-electron chi connectivity index (χ1n) is 9.72. The van der Waals surface area contributed by atoms with Crippen molar-refractivity contribution in [2.45, 2.75) is 39.3 Å². The van der Waals surface area contributed by atoms with E-state index in [1.807, 2.05) is 17.5 Å². The number of carbonyl (C=O) groups excluding carboxylic acids is 1. The van der Waals surface area contributed by atoms with E-state index in [1.54, 1.807) is 17.5 Å². The van der Waals surface area contributed by atoms with Crippen molar-refractivity contribution in [1.82, 2.24) is 19.9 Å². The molecule has 2 aromatic heterocycles. The van der Waals surface area contributed by atoms with E-state index >= 15 is 0 Å². The lowest BCUT2D eigenvalue weighted by atomic mass is 9.96. The Hall–Kier alpha value is -1.83. The van der Waals surface area contributed by atoms with E-state index in [1.165, 1.54) is 0 Å². The molecule has 3 aromatic rings. The van der Waals surface area contributed by atoms with E-state index in [2.05, 4.69) is 33.6 Å². The van der Waals surface area contributed by atoms with Crippen LogP contribution in [-0.2, 0) is 11.3 Å². The lowest BCUT2D eigenvalue weighted by molar-refractivity contribution is -0.125. The molecule has 6 nitrogen and oxygen atoms in total. The number of piperidine rings is 1. The van der Waals surface area contributed by atoms with Crippen LogP contribution < -0.4 is 10.2 Å². The number of carbonyl (C=O) groups is 1. The maximum Gasteiger partial charge on any atom is 0.223 e. The summed E-state index contributed by atoms with van der Waals surface area (Å²) in [6, 6.07) is 3.93. The molecule has 1 aliphatic rings. The van der Waals surface area contributed by atoms with E-state index in [0.29, 0.717) is 16.6 Å². The molecule has 1 amide bonds. The second-order valence-electron chi connectivity index (χ2n) is 7.54. The molecule has 9 heteroatoms. The van der Waals surface area contributed by atoms with Crippen LogP contribution in [0.25, 0.3) is 11.0 Å². The van der Waals surface area contributed by atoms with Gasteiger partial charge in [-0.3, -0.25) is 4.79 Å². The number of hydrogen-bond acceptors (Lipinski definition) is 5. The zero-order chi connectivity index (χ0) is 20.5. The highest BCUT2D eigenvalue weighted by Crippen LogP contribution is 2.34. The smallest absolute Gasteiger partial charge is 0.223 e. The molecule has 0 atom stereocenters. The zero-order valence-electron chi connectivity index (χ0n) is 16.4. The molecule has 0 spiro atoms. The normalized spacial score (nSPS) is 15.4. The molecule has 0 bridgehead atoms. The Morgan fingerprint density at radius 2 is 2.00 bits per heavy atom. The van der Waals surface area contributed by atoms with Crippen LogP contribution in [0.4, 0.5) is 5.95 Å². The number of amides is 1. The largest absolute Gasteiger partial charge is 0.349 e. The van der Waals surface area contributed by atoms with E-state index in [0.717, 1.165) is 47.9 Å². The minimum atomic E-state index is 0.0204. The van der Waals surface area contributed by atoms with Crippen molar-refractivity contribution in [3.05, 3.63) is 38.8 Å². The first-order chi connectivity index (χ1) is 13.9. The van der Waals surface area contributed by atoms with Crippen molar-refractivity contribution in [1.29, 1.82) is 0 Å². The predicted octanol–water partition coefficient (Wildman–Crippen LogP) is 4.91. The number of nitrogens with one attached hydrogen (secondary N) is 1. The van der Waals surface area contributed by atoms with Gasteiger partial charge in [-0.15, -0.1) is 11.3 Å². The van der Waals surface area contributed by atoms with E-state index < -0.39 is 0 Å². The number of hydrogen-bond donors (Lipinski definition) is 1. The Morgan fingerprint density at radius 3 is 2.66 bits per heavy atom. The quantitative estimate of drug-likeness (QED) is 0.598. The molecule has 1 saturated heterocycles. The number of rotatable bonds is 5. The van der Waals surface area contributed by atoms with Gasteiger partial charge in [-0.25, -0.2) is 9.97 Å². The van der Waals surface area contributed by atoms with Crippen LogP contribution in [0.3, 0.4) is 0 Å². The molecule has 1 N–H and O–H groups in total. The highest BCUT2D eigenvalue weighted by Gasteiger charge is 2.28. The third-order valence-corrected chi connectivity index (χ3v) is 6.78. The van der Waals surface area contributed by atoms with Gasteiger partial charge in [-0.1, -0.05) is 23.2 Å². The topological polar surface area (TPSA) is 63.1 Å². The highest BCUT2D eigenvalue weighted by molar-refractivity contribution is 7.09. The minimum Gasteiger partial charge on any atom is -0.349 e. The molecule has 1 fully saturated rings. The number of imidazole rings is 1. The summed E-state index contributed by atoms with van der Waals surface area (Å²) >= 11 is 14.0. The second-order valence-corrected chi connectivity index (χ2v) is 9.33. The molecule has 0 saturated carbocycles. The SMILES string of the molecule is CC(C)n1c(N2CCC(C(=O)NCc3nccs3)CC2)nc2cc(Cl)c(Cl)cc21. The van der Waals surface area contributed by atoms with E-state index in [-0.39, 0.29) is 17.9 Å². The summed E-state index contributed by atoms with van der Waals surface area (Å²) in [5, 5.41) is 6.90. The number of fused-ring (bicyclic) bond motifs is 1. The molecule has 4 rings (SSSR count). The number of benzene rings is 1. The van der Waals surface area contributed by atoms with Gasteiger partial charge in [0.25, 0.3) is 0 Å². The van der Waals surface area contributed by atoms with Gasteiger partial charge in [0.1, 0.15) is 5.01 Å². The van der Waals surface area contributed by atoms with Crippen LogP contribution in [0.2, 0.25) is 10.0 Å². The molecular weight excluding hydrogens is 429 g/mol. The highest BCUT2D eigenvalue weighted by atomic mass is 35.5. The summed E-state index contributed by atoms with van der Waals surface area (Å²) in [7, 11) is 0. The Balaban J connectivity index is 1.47. The molecule has 3 heterocycles. The first-order valence-corrected chi connectivity index (χ1v) is 11.4. The van der Waals surface area contributed by atoms with Crippen molar-refractivity contribution in [3.8, 4) is 0 Å². The van der Waals surface area contributed by atoms with Gasteiger partial charge in [0.05, 0.1) is 27.6 Å². The summed E-state index contributed by atoms with van der Waals surface area (Å²) in [6.45, 7) is 6.33. The third-order valence-electron chi connectivity index (χ3n) is 5.28. The number of anilines is 1. The zero-order valence-corrected chi connectivity index (χ0v) is 18.7. The average molecular weight is 452 g/mol. The Morgan fingerprint density at radius 1 is 1.28 bits per heavy atom. The molecule has 1 aromatic carbocycles. The molecule has 0 aliphatic carbocycles. The molecule has 0 unspecified atom stereocenters. The second kappa shape index (κ2) is 8.50. The maximum atomic E-state index is 12.5. The fourth-order valence-electron chi connectivity index (χ4n) is 3.80. The molecular formula is C20H23Cl2N5OS. The van der Waals surface area contributed by atoms with Crippen LogP contribution in [0.1, 0.15) is 37.7 Å². The van der Waals surface area contributed by atoms with Gasteiger partial charge in [0.2, 0.25) is 11.9 Å². The predicted molar refractivity (Wildman–Crippen MR) is 119 cm³/mol. The third kappa shape index (κ3) is 4.22. The van der Waals surface area contributed by atoms with Crippen molar-refractivity contribution < 1.29 is 4.79 Å². The van der Waals surface area contributed by atoms with Crippen LogP contribution >= 0.6 is 34.5 Å². The summed E-state index contributed by atoms with van der Waals surface area (Å²) in [5.74, 6) is 1.04. The Kier molecular flexibility index (Phi) is 5.99. The van der Waals surface area contributed by atoms with Gasteiger partial charge in [-0.2, -0.15) is 0 Å². The van der Waals surface area contributed by atoms with E-state index in [4.69, 9.17) is 28.2 Å². The number of thiazole rings is 1. The van der Waals surface area contributed by atoms with Gasteiger partial charge in [0, 0.05) is 36.6 Å². The number of aromatic nitrogens is 3. The van der Waals surface area contributed by atoms with Crippen molar-refractivity contribution in [2.24, 2.45) is 5.92 Å². The fourth-order valence-corrected chi connectivity index (χ4v) is 4.67. The van der Waals surface area contributed by atoms with Crippen LogP contribution in [0.5, 0.6) is 0 Å². The van der Waals surface area contributed by atoms with E-state index in [9.17, 15) is 4.79 Å². The number of halogens is 2. The minimum absolute atomic E-state index is 0.0204. The maximum absolute atomic E-state index is 12.5. The average Bonchev–Trinajstić information content (AvgIpc) is 3.34. The summed E-state index contributed by atoms with van der Waals surface area (Å²) in [5.41, 5.74) is 1.82. The standard InChI is InChI=1S/C20H23Cl2N5OS/c1-12(2)27-17-10-15(22)14(21)9-16(17)25-20(27)26-6-3-13(4-7-26)19(28)24-11-18-23-5-8-29-18/h5,8-10,12-13H,3-4,6-7,11H2,1-2H3,(H,24,28). The van der Waals surface area contributed by atoms with Crippen LogP contribution in [-0.4, -0.2) is 33.5 Å². The Bertz CT molecular complexity index is 1010. The fraction of sp³-hybridized carbons (Fsp3) is 0.450. The van der Waals surface area contributed by atoms with Crippen LogP contribution in [0.15, 0.2) is 23.7 Å². The molecule has 154 valence electrons. The Labute approximate surface area is 183 Å². The van der Waals surface area contributed by atoms with Crippen molar-refractivity contribution in [3.63, 3.8) is 0 Å². The van der Waals surface area contributed by atoms with Crippen molar-refractivity contribution in [2.75, 3.05) is 18.0 Å². The molecule has 29 heavy (non-hydrogen) atoms. The lowest BCUT2D eigenvalue weighted by Gasteiger charge is -2.33. The van der Waals surface area contributed by atoms with Crippen molar-refractivity contribution >= 4 is 57.4 Å². The monoisotopic (exact) mass is 451 g/mol. The van der Waals surface area contributed by atoms with Gasteiger partial charge in [-0.05, 0) is 38.8 Å². The summed E-state index contributed by atoms with van der Waals surface area (Å²) < 4.78 is 2.19. The summed E-state index contributed by atoms with van der Waals surface area (Å²) in [4.78, 5) is 23.8. The van der Waals surface area contributed by atoms with Gasteiger partial charge in [0.15, 0.2) is 0 Å². The lowest BCUT2D eigenvalue weighted by Crippen LogP contribution is -2.41. The number of nitrogens with zero attached hydrogens (tertiary/aromatic N) is 4. The first kappa shape index (κ1) is 20.4. The molecule has 0 radical (unpaired) electrons. The van der Waals surface area contributed by atoms with Gasteiger partial charge < -0.3 is 14.8 Å². The molecule has 1 aliphatic heterocycles. The van der Waals surface area contributed by atoms with Gasteiger partial charge >= 0.3 is 0 Å². The van der Waals surface area contributed by atoms with Crippen LogP contribution in [0, 0.1) is 5.92 Å². The summed E-state index contributed by atoms with van der Waals surface area (Å²) in [6.07, 6.45) is 3.35.